The topological polar surface area (TPSA) is 95.9 Å². The Balaban J connectivity index is 2.10. The average Bonchev–Trinajstić information content (AvgIpc) is 3.00. The maximum atomic E-state index is 13.1. The molecule has 0 radical (unpaired) electrons. The largest absolute Gasteiger partial charge is 0.480 e. The summed E-state index contributed by atoms with van der Waals surface area (Å²) in [4.78, 5) is 38.5. The zero-order valence-electron chi connectivity index (χ0n) is 16.1. The Hall–Kier alpha value is -1.63. The Morgan fingerprint density at radius 3 is 2.54 bits per heavy atom. The van der Waals surface area contributed by atoms with Crippen molar-refractivity contribution in [3.05, 3.63) is 0 Å². The van der Waals surface area contributed by atoms with Gasteiger partial charge in [0.2, 0.25) is 5.91 Å². The lowest BCUT2D eigenvalue weighted by molar-refractivity contribution is -0.152. The molecule has 5 atom stereocenters. The first-order valence-corrected chi connectivity index (χ1v) is 9.88. The van der Waals surface area contributed by atoms with E-state index in [4.69, 9.17) is 4.74 Å². The number of hydrogen-bond donors (Lipinski definition) is 2. The molecule has 2 fully saturated rings. The minimum absolute atomic E-state index is 0.00817. The molecule has 0 spiro atoms. The molecule has 2 aliphatic rings. The second-order valence-corrected chi connectivity index (χ2v) is 7.43. The number of aliphatic carboxylic acids is 1. The van der Waals surface area contributed by atoms with Gasteiger partial charge in [-0.2, -0.15) is 0 Å². The highest BCUT2D eigenvalue weighted by Gasteiger charge is 2.48. The molecule has 1 aliphatic carbocycles. The number of esters is 1. The third kappa shape index (κ3) is 4.55. The highest BCUT2D eigenvalue weighted by molar-refractivity contribution is 5.88. The Bertz CT molecular complexity index is 524. The lowest BCUT2D eigenvalue weighted by Crippen LogP contribution is -2.55. The second-order valence-electron chi connectivity index (χ2n) is 7.43. The highest BCUT2D eigenvalue weighted by Crippen LogP contribution is 2.40. The van der Waals surface area contributed by atoms with Crippen LogP contribution >= 0.6 is 0 Å². The molecular formula is C19H32N2O5. The van der Waals surface area contributed by atoms with E-state index in [9.17, 15) is 19.5 Å². The van der Waals surface area contributed by atoms with E-state index >= 15 is 0 Å². The van der Waals surface area contributed by atoms with Crippen LogP contribution < -0.4 is 5.32 Å². The number of carboxylic acid groups (broad SMARTS) is 1. The number of hydrogen-bond acceptors (Lipinski definition) is 5. The average molecular weight is 368 g/mol. The Kier molecular flexibility index (Phi) is 7.43. The molecule has 0 aromatic rings. The third-order valence-corrected chi connectivity index (χ3v) is 5.60. The minimum Gasteiger partial charge on any atom is -0.480 e. The molecule has 0 bridgehead atoms. The molecule has 2 rings (SSSR count). The number of amides is 1. The third-order valence-electron chi connectivity index (χ3n) is 5.60. The zero-order chi connectivity index (χ0) is 19.3. The summed E-state index contributed by atoms with van der Waals surface area (Å²) in [5, 5.41) is 12.7. The molecule has 1 aliphatic heterocycles. The van der Waals surface area contributed by atoms with Crippen LogP contribution in [0.25, 0.3) is 0 Å². The van der Waals surface area contributed by atoms with E-state index in [2.05, 4.69) is 5.32 Å². The SMILES string of the molecule is CCC[C@H](N[C@@H](C)C(=O)N1C2CCCCC2C[C@H]1C(=O)O)C(=O)OCC. The van der Waals surface area contributed by atoms with Crippen LogP contribution in [0.2, 0.25) is 0 Å². The van der Waals surface area contributed by atoms with Crippen molar-refractivity contribution in [2.24, 2.45) is 5.92 Å². The first-order chi connectivity index (χ1) is 12.4. The van der Waals surface area contributed by atoms with Crippen LogP contribution in [0.4, 0.5) is 0 Å². The number of rotatable bonds is 8. The van der Waals surface area contributed by atoms with Crippen LogP contribution in [-0.4, -0.2) is 58.6 Å². The van der Waals surface area contributed by atoms with Crippen molar-refractivity contribution < 1.29 is 24.2 Å². The van der Waals surface area contributed by atoms with Gasteiger partial charge in [0.15, 0.2) is 0 Å². The van der Waals surface area contributed by atoms with Crippen molar-refractivity contribution in [1.82, 2.24) is 10.2 Å². The number of carboxylic acids is 1. The molecule has 1 amide bonds. The number of carbonyl (C=O) groups excluding carboxylic acids is 2. The molecule has 7 heteroatoms. The molecule has 1 saturated carbocycles. The molecule has 148 valence electrons. The fourth-order valence-electron chi connectivity index (χ4n) is 4.39. The van der Waals surface area contributed by atoms with E-state index in [1.54, 1.807) is 18.7 Å². The number of fused-ring (bicyclic) bond motifs is 1. The minimum atomic E-state index is -0.935. The standard InChI is InChI=1S/C19H32N2O5/c1-4-8-14(19(25)26-5-2)20-12(3)17(22)21-15-10-7-6-9-13(15)11-16(21)18(23)24/h12-16,20H,4-11H2,1-3H3,(H,23,24)/t12-,13?,14-,15?,16-/m0/s1. The van der Waals surface area contributed by atoms with Crippen LogP contribution in [0.15, 0.2) is 0 Å². The summed E-state index contributed by atoms with van der Waals surface area (Å²) in [5.41, 5.74) is 0. The Morgan fingerprint density at radius 2 is 1.92 bits per heavy atom. The van der Waals surface area contributed by atoms with Gasteiger partial charge >= 0.3 is 11.9 Å². The Morgan fingerprint density at radius 1 is 1.23 bits per heavy atom. The fraction of sp³-hybridized carbons (Fsp3) is 0.842. The predicted octanol–water partition coefficient (Wildman–Crippen LogP) is 1.94. The van der Waals surface area contributed by atoms with Gasteiger partial charge in [-0.25, -0.2) is 4.79 Å². The van der Waals surface area contributed by atoms with E-state index in [1.165, 1.54) is 0 Å². The fourth-order valence-corrected chi connectivity index (χ4v) is 4.39. The van der Waals surface area contributed by atoms with Crippen molar-refractivity contribution in [1.29, 1.82) is 0 Å². The van der Waals surface area contributed by atoms with Crippen molar-refractivity contribution in [3.63, 3.8) is 0 Å². The van der Waals surface area contributed by atoms with E-state index in [1.807, 2.05) is 6.92 Å². The van der Waals surface area contributed by atoms with Gasteiger partial charge in [0.05, 0.1) is 12.6 Å². The van der Waals surface area contributed by atoms with Crippen molar-refractivity contribution in [2.45, 2.75) is 89.9 Å². The van der Waals surface area contributed by atoms with Crippen LogP contribution in [-0.2, 0) is 19.1 Å². The second kappa shape index (κ2) is 9.35. The highest BCUT2D eigenvalue weighted by atomic mass is 16.5. The maximum absolute atomic E-state index is 13.1. The van der Waals surface area contributed by atoms with E-state index < -0.39 is 24.1 Å². The molecule has 1 heterocycles. The summed E-state index contributed by atoms with van der Waals surface area (Å²) in [7, 11) is 0. The van der Waals surface area contributed by atoms with Gasteiger partial charge in [0.25, 0.3) is 0 Å². The number of likely N-dealkylation sites (tertiary alicyclic amines) is 1. The molecule has 1 saturated heterocycles. The first kappa shape index (κ1) is 20.7. The number of nitrogens with one attached hydrogen (secondary N) is 1. The first-order valence-electron chi connectivity index (χ1n) is 9.88. The molecule has 26 heavy (non-hydrogen) atoms. The molecular weight excluding hydrogens is 336 g/mol. The molecule has 7 nitrogen and oxygen atoms in total. The molecule has 2 unspecified atom stereocenters. The van der Waals surface area contributed by atoms with Gasteiger partial charge in [-0.05, 0) is 45.4 Å². The van der Waals surface area contributed by atoms with Crippen molar-refractivity contribution in [2.75, 3.05) is 6.61 Å². The number of nitrogens with zero attached hydrogens (tertiary/aromatic N) is 1. The lowest BCUT2D eigenvalue weighted by atomic mass is 9.84. The van der Waals surface area contributed by atoms with Gasteiger partial charge in [-0.1, -0.05) is 26.2 Å². The molecule has 0 aromatic heterocycles. The molecule has 0 aromatic carbocycles. The van der Waals surface area contributed by atoms with Gasteiger partial charge < -0.3 is 14.7 Å². The normalized spacial score (nSPS) is 27.5. The van der Waals surface area contributed by atoms with Crippen molar-refractivity contribution >= 4 is 17.8 Å². The summed E-state index contributed by atoms with van der Waals surface area (Å²) >= 11 is 0. The predicted molar refractivity (Wildman–Crippen MR) is 96.6 cm³/mol. The van der Waals surface area contributed by atoms with Gasteiger partial charge in [0, 0.05) is 6.04 Å². The smallest absolute Gasteiger partial charge is 0.326 e. The lowest BCUT2D eigenvalue weighted by Gasteiger charge is -2.35. The van der Waals surface area contributed by atoms with Crippen molar-refractivity contribution in [3.8, 4) is 0 Å². The van der Waals surface area contributed by atoms with Crippen LogP contribution in [0.3, 0.4) is 0 Å². The quantitative estimate of drug-likeness (QED) is 0.636. The van der Waals surface area contributed by atoms with E-state index in [0.717, 1.165) is 32.1 Å². The van der Waals surface area contributed by atoms with Crippen LogP contribution in [0.1, 0.15) is 65.7 Å². The Labute approximate surface area is 155 Å². The van der Waals surface area contributed by atoms with Gasteiger partial charge in [0.1, 0.15) is 12.1 Å². The summed E-state index contributed by atoms with van der Waals surface area (Å²) in [6, 6.07) is -1.92. The summed E-state index contributed by atoms with van der Waals surface area (Å²) in [6.45, 7) is 5.72. The molecule has 2 N–H and O–H groups in total. The maximum Gasteiger partial charge on any atom is 0.326 e. The number of carbonyl (C=O) groups is 3. The number of ether oxygens (including phenoxy) is 1. The van der Waals surface area contributed by atoms with Crippen LogP contribution in [0, 0.1) is 5.92 Å². The summed E-state index contributed by atoms with van der Waals surface area (Å²) in [5.74, 6) is -1.24. The van der Waals surface area contributed by atoms with E-state index in [-0.39, 0.29) is 23.8 Å². The summed E-state index contributed by atoms with van der Waals surface area (Å²) < 4.78 is 5.09. The van der Waals surface area contributed by atoms with Gasteiger partial charge in [-0.3, -0.25) is 14.9 Å². The summed E-state index contributed by atoms with van der Waals surface area (Å²) in [6.07, 6.45) is 5.87. The van der Waals surface area contributed by atoms with E-state index in [0.29, 0.717) is 19.4 Å². The van der Waals surface area contributed by atoms with Gasteiger partial charge in [-0.15, -0.1) is 0 Å². The zero-order valence-corrected chi connectivity index (χ0v) is 16.1. The van der Waals surface area contributed by atoms with Crippen LogP contribution in [0.5, 0.6) is 0 Å². The monoisotopic (exact) mass is 368 g/mol.